The van der Waals surface area contributed by atoms with E-state index in [1.54, 1.807) is 12.1 Å². The van der Waals surface area contributed by atoms with Crippen LogP contribution < -0.4 is 0 Å². The Kier molecular flexibility index (Phi) is 12.8. The molecule has 10 aromatic carbocycles. The third-order valence-corrected chi connectivity index (χ3v) is 16.9. The van der Waals surface area contributed by atoms with Crippen molar-refractivity contribution >= 4 is 43.6 Å². The molecule has 2 heterocycles. The lowest BCUT2D eigenvalue weighted by atomic mass is 9.91. The molecule has 0 aliphatic rings. The highest BCUT2D eigenvalue weighted by Crippen LogP contribution is 2.47. The van der Waals surface area contributed by atoms with Gasteiger partial charge in [-0.25, -0.2) is 0 Å². The van der Waals surface area contributed by atoms with Crippen LogP contribution in [0.1, 0.15) is 83.5 Å². The van der Waals surface area contributed by atoms with Crippen LogP contribution in [0.5, 0.6) is 0 Å². The van der Waals surface area contributed by atoms with Crippen molar-refractivity contribution in [3.05, 3.63) is 235 Å². The molecular formula is C75H61F3N4. The van der Waals surface area contributed by atoms with E-state index in [0.717, 1.165) is 139 Å². The number of aryl methyl sites for hydroxylation is 12. The molecule has 0 aliphatic carbocycles. The SMILES string of the molecule is Cc1cc(C)c(-c2ccc3c(c2)c2cc(-c4c(C)cc(C)cc4C)ccc2n3-c2cc(-c3c(C#N)cccc3C(F)(F)F)cc(-n3c4ccc(-c5c(C)cc(C)cc5C)cc4c4cc(-c5c(C)cc(C)cc5C)ccc43)c2C#N)c(C)c1. The Labute approximate surface area is 477 Å². The van der Waals surface area contributed by atoms with E-state index in [0.29, 0.717) is 11.4 Å². The van der Waals surface area contributed by atoms with E-state index in [1.165, 1.54) is 34.4 Å². The van der Waals surface area contributed by atoms with Crippen molar-refractivity contribution in [1.82, 2.24) is 9.13 Å². The minimum Gasteiger partial charge on any atom is -0.308 e. The molecule has 12 rings (SSSR count). The average molecular weight is 1080 g/mol. The van der Waals surface area contributed by atoms with Gasteiger partial charge in [0, 0.05) is 27.1 Å². The Morgan fingerprint density at radius 3 is 0.878 bits per heavy atom. The molecule has 4 nitrogen and oxygen atoms in total. The number of nitrogens with zero attached hydrogens (tertiary/aromatic N) is 4. The van der Waals surface area contributed by atoms with E-state index in [1.807, 2.05) is 9.13 Å². The first-order valence-corrected chi connectivity index (χ1v) is 27.8. The molecule has 0 unspecified atom stereocenters. The molecule has 0 saturated carbocycles. The molecule has 7 heteroatoms. The summed E-state index contributed by atoms with van der Waals surface area (Å²) in [6.07, 6.45) is -4.83. The van der Waals surface area contributed by atoms with E-state index < -0.39 is 11.7 Å². The Morgan fingerprint density at radius 2 is 0.622 bits per heavy atom. The van der Waals surface area contributed by atoms with E-state index in [9.17, 15) is 10.5 Å². The van der Waals surface area contributed by atoms with Crippen LogP contribution in [0.2, 0.25) is 0 Å². The molecule has 2 aromatic heterocycles. The van der Waals surface area contributed by atoms with Crippen LogP contribution in [0.25, 0.3) is 111 Å². The average Bonchev–Trinajstić information content (AvgIpc) is 4.14. The Hall–Kier alpha value is -9.43. The van der Waals surface area contributed by atoms with E-state index >= 15 is 13.2 Å². The molecular weight excluding hydrogens is 1010 g/mol. The molecule has 0 bridgehead atoms. The standard InChI is InChI=1S/C75H61F3N4/c1-40-24-44(5)70(45(6)25-40)52-16-20-64-58(32-52)59-33-53(71-46(7)26-41(2)27-47(71)8)17-21-65(59)81(64)68-36-57(74-56(38-79)14-13-15-63(74)75(76,77)78)37-69(62(68)39-80)82-66-22-18-54(72-48(9)28-42(3)29-49(72)10)34-60(66)61-35-55(19-23-67(61)82)73-50(11)30-43(4)31-51(73)12/h13-37H,1-12H3. The lowest BCUT2D eigenvalue weighted by Gasteiger charge is -2.21. The van der Waals surface area contributed by atoms with Crippen molar-refractivity contribution < 1.29 is 13.2 Å². The van der Waals surface area contributed by atoms with Crippen molar-refractivity contribution in [2.75, 3.05) is 0 Å². The van der Waals surface area contributed by atoms with Gasteiger partial charge in [0.05, 0.1) is 50.6 Å². The molecule has 0 spiro atoms. The van der Waals surface area contributed by atoms with Gasteiger partial charge in [-0.2, -0.15) is 23.7 Å². The van der Waals surface area contributed by atoms with Crippen LogP contribution in [-0.2, 0) is 6.18 Å². The van der Waals surface area contributed by atoms with Gasteiger partial charge in [0.25, 0.3) is 0 Å². The summed E-state index contributed by atoms with van der Waals surface area (Å²) in [5.74, 6) is 0. The Balaban J connectivity index is 1.24. The molecule has 0 N–H and O–H groups in total. The van der Waals surface area contributed by atoms with Gasteiger partial charge >= 0.3 is 6.18 Å². The van der Waals surface area contributed by atoms with Crippen LogP contribution in [0.15, 0.2) is 152 Å². The third-order valence-electron chi connectivity index (χ3n) is 16.9. The summed E-state index contributed by atoms with van der Waals surface area (Å²) >= 11 is 0. The number of benzene rings is 10. The fourth-order valence-corrected chi connectivity index (χ4v) is 14.1. The van der Waals surface area contributed by atoms with E-state index in [-0.39, 0.29) is 22.3 Å². The van der Waals surface area contributed by atoms with Crippen LogP contribution in [0.4, 0.5) is 13.2 Å². The van der Waals surface area contributed by atoms with Crippen molar-refractivity contribution in [1.29, 1.82) is 10.5 Å². The first-order chi connectivity index (χ1) is 39.1. The van der Waals surface area contributed by atoms with Gasteiger partial charge in [0.15, 0.2) is 0 Å². The molecule has 0 fully saturated rings. The summed E-state index contributed by atoms with van der Waals surface area (Å²) in [5, 5.41) is 26.5. The largest absolute Gasteiger partial charge is 0.417 e. The van der Waals surface area contributed by atoms with E-state index in [4.69, 9.17) is 0 Å². The normalized spacial score (nSPS) is 11.8. The molecule has 0 radical (unpaired) electrons. The van der Waals surface area contributed by atoms with Gasteiger partial charge in [-0.1, -0.05) is 101 Å². The first-order valence-electron chi connectivity index (χ1n) is 27.8. The number of hydrogen-bond acceptors (Lipinski definition) is 2. The summed E-state index contributed by atoms with van der Waals surface area (Å²) in [6.45, 7) is 25.5. The quantitative estimate of drug-likeness (QED) is 0.160. The number of halogens is 3. The minimum atomic E-state index is -4.83. The summed E-state index contributed by atoms with van der Waals surface area (Å²) < 4.78 is 51.0. The third kappa shape index (κ3) is 8.66. The monoisotopic (exact) mass is 1070 g/mol. The van der Waals surface area contributed by atoms with Gasteiger partial charge in [-0.3, -0.25) is 0 Å². The maximum absolute atomic E-state index is 15.6. The van der Waals surface area contributed by atoms with Crippen LogP contribution in [-0.4, -0.2) is 9.13 Å². The number of rotatable bonds is 7. The highest BCUT2D eigenvalue weighted by atomic mass is 19.4. The smallest absolute Gasteiger partial charge is 0.308 e. The predicted molar refractivity (Wildman–Crippen MR) is 334 cm³/mol. The van der Waals surface area contributed by atoms with Gasteiger partial charge in [-0.05, 0) is 250 Å². The second-order valence-electron chi connectivity index (χ2n) is 23.0. The van der Waals surface area contributed by atoms with Crippen molar-refractivity contribution in [3.8, 4) is 79.1 Å². The fraction of sp³-hybridized carbons (Fsp3) is 0.173. The zero-order valence-electron chi connectivity index (χ0n) is 48.4. The lowest BCUT2D eigenvalue weighted by molar-refractivity contribution is -0.137. The predicted octanol–water partition coefficient (Wildman–Crippen LogP) is 20.7. The maximum Gasteiger partial charge on any atom is 0.417 e. The molecule has 82 heavy (non-hydrogen) atoms. The molecule has 402 valence electrons. The van der Waals surface area contributed by atoms with Gasteiger partial charge in [0.2, 0.25) is 0 Å². The number of hydrogen-bond donors (Lipinski definition) is 0. The lowest BCUT2D eigenvalue weighted by Crippen LogP contribution is -2.10. The number of fused-ring (bicyclic) bond motifs is 6. The zero-order valence-corrected chi connectivity index (χ0v) is 48.4. The highest BCUT2D eigenvalue weighted by molar-refractivity contribution is 6.14. The zero-order chi connectivity index (χ0) is 58.0. The van der Waals surface area contributed by atoms with Gasteiger partial charge < -0.3 is 9.13 Å². The molecule has 0 atom stereocenters. The maximum atomic E-state index is 15.6. The highest BCUT2D eigenvalue weighted by Gasteiger charge is 2.36. The second-order valence-corrected chi connectivity index (χ2v) is 23.0. The molecule has 0 saturated heterocycles. The number of aromatic nitrogens is 2. The summed E-state index contributed by atoms with van der Waals surface area (Å²) in [7, 11) is 0. The topological polar surface area (TPSA) is 57.4 Å². The van der Waals surface area contributed by atoms with E-state index in [2.05, 4.69) is 217 Å². The fourth-order valence-electron chi connectivity index (χ4n) is 14.1. The van der Waals surface area contributed by atoms with Crippen molar-refractivity contribution in [3.63, 3.8) is 0 Å². The van der Waals surface area contributed by atoms with Gasteiger partial charge in [-0.15, -0.1) is 0 Å². The Morgan fingerprint density at radius 1 is 0.329 bits per heavy atom. The molecule has 12 aromatic rings. The first kappa shape index (κ1) is 53.2. The summed E-state index contributed by atoms with van der Waals surface area (Å²) in [6, 6.07) is 55.1. The van der Waals surface area contributed by atoms with Crippen LogP contribution in [0.3, 0.4) is 0 Å². The molecule has 0 aliphatic heterocycles. The number of alkyl halides is 3. The van der Waals surface area contributed by atoms with Crippen LogP contribution >= 0.6 is 0 Å². The summed E-state index contributed by atoms with van der Waals surface area (Å²) in [5.41, 5.74) is 25.4. The van der Waals surface area contributed by atoms with Gasteiger partial charge in [0.1, 0.15) is 11.6 Å². The summed E-state index contributed by atoms with van der Waals surface area (Å²) in [4.78, 5) is 0. The second kappa shape index (κ2) is 19.7. The van der Waals surface area contributed by atoms with Crippen LogP contribution in [0, 0.1) is 106 Å². The molecule has 0 amide bonds. The van der Waals surface area contributed by atoms with Crippen molar-refractivity contribution in [2.45, 2.75) is 89.3 Å². The Bertz CT molecular complexity index is 4250. The minimum absolute atomic E-state index is 0.134. The van der Waals surface area contributed by atoms with Crippen molar-refractivity contribution in [2.24, 2.45) is 0 Å². The number of nitriles is 2.